The summed E-state index contributed by atoms with van der Waals surface area (Å²) < 4.78 is 0. The molecule has 1 atom stereocenters. The molecule has 0 fully saturated rings. The van der Waals surface area contributed by atoms with Crippen LogP contribution in [0.3, 0.4) is 0 Å². The zero-order chi connectivity index (χ0) is 13.2. The number of urea groups is 1. The lowest BCUT2D eigenvalue weighted by Gasteiger charge is -2.29. The summed E-state index contributed by atoms with van der Waals surface area (Å²) in [6.45, 7) is 0. The molecule has 1 aliphatic rings. The summed E-state index contributed by atoms with van der Waals surface area (Å²) in [5.74, 6) is -1.81. The molecule has 0 aromatic heterocycles. The molecule has 1 unspecified atom stereocenters. The second kappa shape index (κ2) is 4.40. The van der Waals surface area contributed by atoms with Gasteiger partial charge in [0.15, 0.2) is 0 Å². The number of rotatable bonds is 3. The van der Waals surface area contributed by atoms with E-state index in [1.54, 1.807) is 30.3 Å². The second-order valence-electron chi connectivity index (χ2n) is 3.93. The maximum Gasteiger partial charge on any atom is 0.347 e. The number of aliphatic carboxylic acids is 1. The van der Waals surface area contributed by atoms with Gasteiger partial charge in [0, 0.05) is 6.21 Å². The highest BCUT2D eigenvalue weighted by Crippen LogP contribution is 2.28. The highest BCUT2D eigenvalue weighted by Gasteiger charge is 2.44. The number of benzene rings is 1. The molecule has 1 aromatic rings. The van der Waals surface area contributed by atoms with Crippen molar-refractivity contribution in [2.75, 3.05) is 0 Å². The third kappa shape index (κ3) is 2.00. The van der Waals surface area contributed by atoms with Crippen LogP contribution in [0.2, 0.25) is 0 Å². The Hall–Kier alpha value is -2.50. The largest absolute Gasteiger partial charge is 0.481 e. The smallest absolute Gasteiger partial charge is 0.347 e. The number of carboxylic acids is 1. The molecule has 1 aliphatic heterocycles. The Labute approximate surface area is 102 Å². The second-order valence-corrected chi connectivity index (χ2v) is 3.93. The van der Waals surface area contributed by atoms with Crippen LogP contribution in [-0.4, -0.2) is 29.2 Å². The van der Waals surface area contributed by atoms with E-state index in [1.165, 1.54) is 0 Å². The minimum atomic E-state index is -1.43. The van der Waals surface area contributed by atoms with Gasteiger partial charge in [0.05, 0.1) is 6.42 Å². The normalized spacial score (nSPS) is 22.7. The number of hydrogen-bond acceptors (Lipinski definition) is 3. The van der Waals surface area contributed by atoms with Crippen LogP contribution < -0.4 is 5.32 Å². The maximum atomic E-state index is 12.0. The fourth-order valence-corrected chi connectivity index (χ4v) is 1.88. The number of carboxylic acid groups (broad SMARTS) is 1. The van der Waals surface area contributed by atoms with E-state index in [-0.39, 0.29) is 0 Å². The summed E-state index contributed by atoms with van der Waals surface area (Å²) in [6.07, 6.45) is 0.650. The van der Waals surface area contributed by atoms with Crippen LogP contribution in [0.1, 0.15) is 12.0 Å². The van der Waals surface area contributed by atoms with E-state index < -0.39 is 29.7 Å². The molecule has 6 heteroatoms. The Kier molecular flexibility index (Phi) is 2.93. The molecule has 0 saturated carbocycles. The van der Waals surface area contributed by atoms with Crippen LogP contribution in [0.15, 0.2) is 35.3 Å². The fraction of sp³-hybridized carbons (Fsp3) is 0.167. The zero-order valence-electron chi connectivity index (χ0n) is 9.29. The van der Waals surface area contributed by atoms with Crippen molar-refractivity contribution in [1.82, 2.24) is 5.32 Å². The molecule has 18 heavy (non-hydrogen) atoms. The standard InChI is InChI=1S/C12H10N2O4/c15-9(16)6-12(8-4-2-1-3-5-8)7-13-11(18)14-10(12)17/h1-5,7H,6H2,(H,15,16)(H,14,17,18). The molecule has 2 rings (SSSR count). The van der Waals surface area contributed by atoms with E-state index in [9.17, 15) is 14.4 Å². The topological polar surface area (TPSA) is 95.8 Å². The van der Waals surface area contributed by atoms with Crippen molar-refractivity contribution in [2.45, 2.75) is 11.8 Å². The lowest BCUT2D eigenvalue weighted by molar-refractivity contribution is -0.140. The van der Waals surface area contributed by atoms with E-state index in [0.717, 1.165) is 6.21 Å². The maximum absolute atomic E-state index is 12.0. The van der Waals surface area contributed by atoms with Crippen molar-refractivity contribution in [1.29, 1.82) is 0 Å². The molecular formula is C12H10N2O4. The Morgan fingerprint density at radius 2 is 1.94 bits per heavy atom. The number of nitrogens with zero attached hydrogens (tertiary/aromatic N) is 1. The summed E-state index contributed by atoms with van der Waals surface area (Å²) in [5.41, 5.74) is -0.942. The highest BCUT2D eigenvalue weighted by atomic mass is 16.4. The average Bonchev–Trinajstić information content (AvgIpc) is 2.34. The summed E-state index contributed by atoms with van der Waals surface area (Å²) in [7, 11) is 0. The first-order valence-electron chi connectivity index (χ1n) is 5.22. The molecule has 2 N–H and O–H groups in total. The van der Waals surface area contributed by atoms with Gasteiger partial charge in [0.25, 0.3) is 0 Å². The SMILES string of the molecule is O=C(O)CC1(c2ccccc2)C=NC(=O)NC1=O. The molecule has 0 bridgehead atoms. The quantitative estimate of drug-likeness (QED) is 0.821. The van der Waals surface area contributed by atoms with Crippen LogP contribution >= 0.6 is 0 Å². The van der Waals surface area contributed by atoms with Gasteiger partial charge in [-0.05, 0) is 5.56 Å². The minimum absolute atomic E-state index is 0.459. The Balaban J connectivity index is 2.54. The van der Waals surface area contributed by atoms with Gasteiger partial charge in [-0.2, -0.15) is 0 Å². The Morgan fingerprint density at radius 1 is 1.28 bits per heavy atom. The summed E-state index contributed by atoms with van der Waals surface area (Å²) >= 11 is 0. The fourth-order valence-electron chi connectivity index (χ4n) is 1.88. The van der Waals surface area contributed by atoms with Gasteiger partial charge < -0.3 is 5.11 Å². The molecule has 1 aromatic carbocycles. The van der Waals surface area contributed by atoms with Crippen LogP contribution in [0.5, 0.6) is 0 Å². The van der Waals surface area contributed by atoms with Crippen molar-refractivity contribution < 1.29 is 19.5 Å². The molecule has 6 nitrogen and oxygen atoms in total. The first-order chi connectivity index (χ1) is 8.54. The van der Waals surface area contributed by atoms with E-state index in [0.29, 0.717) is 5.56 Å². The van der Waals surface area contributed by atoms with Gasteiger partial charge in [-0.25, -0.2) is 9.79 Å². The van der Waals surface area contributed by atoms with Crippen molar-refractivity contribution >= 4 is 24.1 Å². The number of nitrogens with one attached hydrogen (secondary N) is 1. The van der Waals surface area contributed by atoms with Gasteiger partial charge in [0.2, 0.25) is 5.91 Å². The number of carbonyl (C=O) groups is 3. The molecule has 0 saturated heterocycles. The first kappa shape index (κ1) is 12.0. The summed E-state index contributed by atoms with van der Waals surface area (Å²) in [6, 6.07) is 7.61. The van der Waals surface area contributed by atoms with Crippen molar-refractivity contribution in [3.63, 3.8) is 0 Å². The lowest BCUT2D eigenvalue weighted by atomic mass is 9.77. The van der Waals surface area contributed by atoms with E-state index in [2.05, 4.69) is 4.99 Å². The zero-order valence-corrected chi connectivity index (χ0v) is 9.29. The van der Waals surface area contributed by atoms with Gasteiger partial charge in [-0.15, -0.1) is 0 Å². The Morgan fingerprint density at radius 3 is 2.50 bits per heavy atom. The van der Waals surface area contributed by atoms with Crippen LogP contribution in [0, 0.1) is 0 Å². The number of hydrogen-bond donors (Lipinski definition) is 2. The number of amides is 3. The average molecular weight is 246 g/mol. The third-order valence-electron chi connectivity index (χ3n) is 2.75. The van der Waals surface area contributed by atoms with E-state index in [4.69, 9.17) is 5.11 Å². The van der Waals surface area contributed by atoms with Crippen molar-refractivity contribution in [2.24, 2.45) is 4.99 Å². The van der Waals surface area contributed by atoms with Crippen molar-refractivity contribution in [3.05, 3.63) is 35.9 Å². The van der Waals surface area contributed by atoms with Crippen LogP contribution in [0.4, 0.5) is 4.79 Å². The molecule has 3 amide bonds. The van der Waals surface area contributed by atoms with Gasteiger partial charge in [-0.1, -0.05) is 30.3 Å². The summed E-state index contributed by atoms with van der Waals surface area (Å²) in [4.78, 5) is 37.4. The predicted octanol–water partition coefficient (Wildman–Crippen LogP) is 0.720. The van der Waals surface area contributed by atoms with Crippen molar-refractivity contribution in [3.8, 4) is 0 Å². The van der Waals surface area contributed by atoms with Crippen LogP contribution in [0.25, 0.3) is 0 Å². The summed E-state index contributed by atoms with van der Waals surface area (Å²) in [5, 5.41) is 11.0. The number of imide groups is 1. The molecule has 0 spiro atoms. The number of carbonyl (C=O) groups excluding carboxylic acids is 2. The molecule has 0 radical (unpaired) electrons. The number of aliphatic imine (C=N–C) groups is 1. The Bertz CT molecular complexity index is 538. The van der Waals surface area contributed by atoms with E-state index in [1.807, 2.05) is 5.32 Å². The highest BCUT2D eigenvalue weighted by molar-refractivity contribution is 6.17. The monoisotopic (exact) mass is 246 g/mol. The van der Waals surface area contributed by atoms with Gasteiger partial charge in [-0.3, -0.25) is 14.9 Å². The predicted molar refractivity (Wildman–Crippen MR) is 62.4 cm³/mol. The van der Waals surface area contributed by atoms with Crippen LogP contribution in [-0.2, 0) is 15.0 Å². The third-order valence-corrected chi connectivity index (χ3v) is 2.75. The molecule has 0 aliphatic carbocycles. The minimum Gasteiger partial charge on any atom is -0.481 e. The lowest BCUT2D eigenvalue weighted by Crippen LogP contribution is -2.51. The molecule has 1 heterocycles. The molecule has 92 valence electrons. The van der Waals surface area contributed by atoms with E-state index >= 15 is 0 Å². The van der Waals surface area contributed by atoms with Gasteiger partial charge >= 0.3 is 12.0 Å². The first-order valence-corrected chi connectivity index (χ1v) is 5.22. The van der Waals surface area contributed by atoms with Gasteiger partial charge in [0.1, 0.15) is 5.41 Å². The molecular weight excluding hydrogens is 236 g/mol.